The third-order valence-corrected chi connectivity index (χ3v) is 3.46. The van der Waals surface area contributed by atoms with E-state index in [0.717, 1.165) is 10.0 Å². The number of hydrogen-bond donors (Lipinski definition) is 1. The van der Waals surface area contributed by atoms with Crippen molar-refractivity contribution in [3.8, 4) is 0 Å². The molecule has 0 aliphatic rings. The van der Waals surface area contributed by atoms with Gasteiger partial charge in [-0.15, -0.1) is 0 Å². The highest BCUT2D eigenvalue weighted by molar-refractivity contribution is 9.10. The Morgan fingerprint density at radius 2 is 2.00 bits per heavy atom. The van der Waals surface area contributed by atoms with Gasteiger partial charge in [-0.25, -0.2) is 4.39 Å². The Balaban J connectivity index is 2.10. The molecule has 2 aromatic rings. The largest absolute Gasteiger partial charge is 0.348 e. The summed E-state index contributed by atoms with van der Waals surface area (Å²) < 4.78 is 14.2. The molecule has 0 atom stereocenters. The second-order valence-corrected chi connectivity index (χ2v) is 5.11. The highest BCUT2D eigenvalue weighted by Gasteiger charge is 2.10. The van der Waals surface area contributed by atoms with E-state index in [1.54, 1.807) is 24.3 Å². The second kappa shape index (κ2) is 5.97. The lowest BCUT2D eigenvalue weighted by Gasteiger charge is -2.08. The van der Waals surface area contributed by atoms with Crippen molar-refractivity contribution in [1.82, 2.24) is 5.32 Å². The van der Waals surface area contributed by atoms with E-state index < -0.39 is 0 Å². The molecule has 0 fully saturated rings. The number of carbonyl (C=O) groups excluding carboxylic acids is 1. The number of rotatable bonds is 3. The molecule has 0 saturated carbocycles. The molecule has 2 nitrogen and oxygen atoms in total. The van der Waals surface area contributed by atoms with Crippen LogP contribution in [0.2, 0.25) is 0 Å². The zero-order chi connectivity index (χ0) is 13.8. The van der Waals surface area contributed by atoms with Gasteiger partial charge in [-0.3, -0.25) is 4.79 Å². The maximum Gasteiger partial charge on any atom is 0.252 e. The number of hydrogen-bond acceptors (Lipinski definition) is 1. The van der Waals surface area contributed by atoms with Crippen molar-refractivity contribution in [3.63, 3.8) is 0 Å². The zero-order valence-electron chi connectivity index (χ0n) is 10.4. The number of benzene rings is 2. The summed E-state index contributed by atoms with van der Waals surface area (Å²) in [4.78, 5) is 12.0. The average molecular weight is 322 g/mol. The molecule has 0 bridgehead atoms. The van der Waals surface area contributed by atoms with E-state index >= 15 is 0 Å². The molecule has 1 amide bonds. The van der Waals surface area contributed by atoms with Gasteiger partial charge >= 0.3 is 0 Å². The molecule has 2 rings (SSSR count). The molecule has 98 valence electrons. The molecule has 19 heavy (non-hydrogen) atoms. The maximum absolute atomic E-state index is 13.4. The molecule has 0 unspecified atom stereocenters. The Morgan fingerprint density at radius 1 is 1.26 bits per heavy atom. The summed E-state index contributed by atoms with van der Waals surface area (Å²) in [6.07, 6.45) is 0. The molecule has 0 spiro atoms. The van der Waals surface area contributed by atoms with Crippen molar-refractivity contribution in [3.05, 3.63) is 69.4 Å². The van der Waals surface area contributed by atoms with Crippen LogP contribution >= 0.6 is 15.9 Å². The molecule has 2 aromatic carbocycles. The van der Waals surface area contributed by atoms with Gasteiger partial charge in [0.1, 0.15) is 5.82 Å². The summed E-state index contributed by atoms with van der Waals surface area (Å²) in [5.74, 6) is -0.537. The van der Waals surface area contributed by atoms with Crippen molar-refractivity contribution >= 4 is 21.8 Å². The van der Waals surface area contributed by atoms with Crippen LogP contribution in [0, 0.1) is 12.7 Å². The first-order valence-corrected chi connectivity index (χ1v) is 6.65. The second-order valence-electron chi connectivity index (χ2n) is 4.26. The lowest BCUT2D eigenvalue weighted by Crippen LogP contribution is -2.23. The van der Waals surface area contributed by atoms with E-state index in [1.165, 1.54) is 6.07 Å². The lowest BCUT2D eigenvalue weighted by molar-refractivity contribution is 0.0949. The minimum Gasteiger partial charge on any atom is -0.348 e. The van der Waals surface area contributed by atoms with Gasteiger partial charge in [0.2, 0.25) is 0 Å². The van der Waals surface area contributed by atoms with Gasteiger partial charge in [0, 0.05) is 16.6 Å². The molecule has 1 N–H and O–H groups in total. The summed E-state index contributed by atoms with van der Waals surface area (Å²) in [6.45, 7) is 2.09. The van der Waals surface area contributed by atoms with Crippen LogP contribution in [-0.2, 0) is 6.54 Å². The van der Waals surface area contributed by atoms with E-state index in [9.17, 15) is 9.18 Å². The Kier molecular flexibility index (Phi) is 4.32. The van der Waals surface area contributed by atoms with Gasteiger partial charge in [0.25, 0.3) is 5.91 Å². The third kappa shape index (κ3) is 3.41. The van der Waals surface area contributed by atoms with E-state index in [4.69, 9.17) is 0 Å². The topological polar surface area (TPSA) is 29.1 Å². The number of carbonyl (C=O) groups is 1. The minimum absolute atomic E-state index is 0.173. The standard InChI is InChI=1S/C15H13BrFNO/c1-10-6-7-13(16)12(8-10)15(19)18-9-11-4-2-3-5-14(11)17/h2-8H,9H2,1H3,(H,18,19). The van der Waals surface area contributed by atoms with Gasteiger partial charge in [-0.2, -0.15) is 0 Å². The summed E-state index contributed by atoms with van der Waals surface area (Å²) >= 11 is 3.34. The van der Waals surface area contributed by atoms with Crippen LogP contribution in [-0.4, -0.2) is 5.91 Å². The predicted octanol–water partition coefficient (Wildman–Crippen LogP) is 3.83. The number of halogens is 2. The van der Waals surface area contributed by atoms with Crippen LogP contribution in [0.3, 0.4) is 0 Å². The molecule has 0 aromatic heterocycles. The molecule has 0 aliphatic carbocycles. The van der Waals surface area contributed by atoms with Crippen molar-refractivity contribution < 1.29 is 9.18 Å². The normalized spacial score (nSPS) is 10.3. The van der Waals surface area contributed by atoms with Crippen LogP contribution in [0.4, 0.5) is 4.39 Å². The lowest BCUT2D eigenvalue weighted by atomic mass is 10.1. The number of amides is 1. The fourth-order valence-electron chi connectivity index (χ4n) is 1.73. The predicted molar refractivity (Wildman–Crippen MR) is 76.4 cm³/mol. The molecular formula is C15H13BrFNO. The molecule has 0 aliphatic heterocycles. The monoisotopic (exact) mass is 321 g/mol. The fraction of sp³-hybridized carbons (Fsp3) is 0.133. The van der Waals surface area contributed by atoms with Crippen molar-refractivity contribution in [2.45, 2.75) is 13.5 Å². The smallest absolute Gasteiger partial charge is 0.252 e. The van der Waals surface area contributed by atoms with Crippen molar-refractivity contribution in [2.75, 3.05) is 0 Å². The zero-order valence-corrected chi connectivity index (χ0v) is 12.0. The van der Waals surface area contributed by atoms with Crippen molar-refractivity contribution in [1.29, 1.82) is 0 Å². The van der Waals surface area contributed by atoms with Crippen LogP contribution in [0.25, 0.3) is 0 Å². The molecule has 0 saturated heterocycles. The van der Waals surface area contributed by atoms with Crippen LogP contribution < -0.4 is 5.32 Å². The van der Waals surface area contributed by atoms with E-state index in [1.807, 2.05) is 19.1 Å². The summed E-state index contributed by atoms with van der Waals surface area (Å²) in [7, 11) is 0. The third-order valence-electron chi connectivity index (χ3n) is 2.76. The first kappa shape index (κ1) is 13.7. The summed E-state index contributed by atoms with van der Waals surface area (Å²) in [5, 5.41) is 2.72. The van der Waals surface area contributed by atoms with E-state index in [0.29, 0.717) is 11.1 Å². The highest BCUT2D eigenvalue weighted by Crippen LogP contribution is 2.18. The fourth-order valence-corrected chi connectivity index (χ4v) is 2.15. The Bertz CT molecular complexity index is 613. The maximum atomic E-state index is 13.4. The minimum atomic E-state index is -0.314. The van der Waals surface area contributed by atoms with Crippen molar-refractivity contribution in [2.24, 2.45) is 0 Å². The number of aryl methyl sites for hydroxylation is 1. The number of nitrogens with one attached hydrogen (secondary N) is 1. The van der Waals surface area contributed by atoms with Crippen LogP contribution in [0.1, 0.15) is 21.5 Å². The Hall–Kier alpha value is -1.68. The average Bonchev–Trinajstić information content (AvgIpc) is 2.40. The van der Waals surface area contributed by atoms with Crippen LogP contribution in [0.5, 0.6) is 0 Å². The first-order valence-electron chi connectivity index (χ1n) is 5.85. The SMILES string of the molecule is Cc1ccc(Br)c(C(=O)NCc2ccccc2F)c1. The summed E-state index contributed by atoms with van der Waals surface area (Å²) in [6, 6.07) is 11.9. The summed E-state index contributed by atoms with van der Waals surface area (Å²) in [5.41, 5.74) is 2.02. The molecule has 4 heteroatoms. The van der Waals surface area contributed by atoms with E-state index in [2.05, 4.69) is 21.2 Å². The van der Waals surface area contributed by atoms with Crippen LogP contribution in [0.15, 0.2) is 46.9 Å². The highest BCUT2D eigenvalue weighted by atomic mass is 79.9. The molecule has 0 radical (unpaired) electrons. The Labute approximate surface area is 119 Å². The van der Waals surface area contributed by atoms with Gasteiger partial charge < -0.3 is 5.32 Å². The van der Waals surface area contributed by atoms with E-state index in [-0.39, 0.29) is 18.3 Å². The molecule has 0 heterocycles. The van der Waals surface area contributed by atoms with Gasteiger partial charge in [0.05, 0.1) is 5.56 Å². The molecular weight excluding hydrogens is 309 g/mol. The van der Waals surface area contributed by atoms with Gasteiger partial charge in [-0.05, 0) is 41.1 Å². The Morgan fingerprint density at radius 3 is 2.74 bits per heavy atom. The first-order chi connectivity index (χ1) is 9.08. The quantitative estimate of drug-likeness (QED) is 0.914. The van der Waals surface area contributed by atoms with Gasteiger partial charge in [-0.1, -0.05) is 29.8 Å². The van der Waals surface area contributed by atoms with Gasteiger partial charge in [0.15, 0.2) is 0 Å².